The fourth-order valence-electron chi connectivity index (χ4n) is 1.83. The van der Waals surface area contributed by atoms with E-state index >= 15 is 0 Å². The van der Waals surface area contributed by atoms with Gasteiger partial charge in [-0.25, -0.2) is 0 Å². The van der Waals surface area contributed by atoms with Crippen molar-refractivity contribution in [2.75, 3.05) is 6.54 Å². The van der Waals surface area contributed by atoms with Gasteiger partial charge in [0, 0.05) is 16.7 Å². The lowest BCUT2D eigenvalue weighted by atomic mass is 9.95. The Morgan fingerprint density at radius 1 is 1.28 bits per heavy atom. The zero-order chi connectivity index (χ0) is 14.0. The van der Waals surface area contributed by atoms with E-state index in [-0.39, 0.29) is 0 Å². The minimum Gasteiger partial charge on any atom is -0.389 e. The lowest BCUT2D eigenvalue weighted by Crippen LogP contribution is -2.15. The highest BCUT2D eigenvalue weighted by Gasteiger charge is 2.09. The van der Waals surface area contributed by atoms with Crippen LogP contribution in [0.2, 0.25) is 0 Å². The zero-order valence-corrected chi connectivity index (χ0v) is 13.8. The summed E-state index contributed by atoms with van der Waals surface area (Å²) in [6.45, 7) is 7.15. The second-order valence-electron chi connectivity index (χ2n) is 3.54. The molecule has 0 radical (unpaired) electrons. The molecule has 1 aliphatic rings. The first-order valence-corrected chi connectivity index (χ1v) is 7.68. The Labute approximate surface area is 125 Å². The van der Waals surface area contributed by atoms with Crippen LogP contribution in [-0.2, 0) is 6.42 Å². The highest BCUT2D eigenvalue weighted by atomic mass is 79.9. The van der Waals surface area contributed by atoms with Crippen LogP contribution in [0.4, 0.5) is 0 Å². The minimum atomic E-state index is 1.01. The van der Waals surface area contributed by atoms with Crippen molar-refractivity contribution in [3.8, 4) is 0 Å². The molecule has 0 fully saturated rings. The first-order valence-electron chi connectivity index (χ1n) is 6.31. The smallest absolute Gasteiger partial charge is 0.0178 e. The number of fused-ring (bicyclic) bond motifs is 1. The Balaban J connectivity index is 0.000000659. The van der Waals surface area contributed by atoms with Crippen molar-refractivity contribution in [2.24, 2.45) is 0 Å². The number of hydrogen-bond acceptors (Lipinski definition) is 2. The molecule has 1 aromatic rings. The molecular weight excluding hydrogens is 306 g/mol. The highest BCUT2D eigenvalue weighted by molar-refractivity contribution is 9.10. The number of nitrogens with one attached hydrogen (secondary N) is 1. The van der Waals surface area contributed by atoms with Gasteiger partial charge < -0.3 is 5.32 Å². The van der Waals surface area contributed by atoms with E-state index in [2.05, 4.69) is 70.5 Å². The number of aryl methyl sites for hydroxylation is 1. The van der Waals surface area contributed by atoms with Gasteiger partial charge in [-0.1, -0.05) is 48.1 Å². The molecule has 0 aliphatic heterocycles. The summed E-state index contributed by atoms with van der Waals surface area (Å²) in [4.78, 5) is 0. The Hall–Kier alpha value is -0.670. The Morgan fingerprint density at radius 3 is 2.56 bits per heavy atom. The van der Waals surface area contributed by atoms with Gasteiger partial charge in [0.15, 0.2) is 0 Å². The average Bonchev–Trinajstić information content (AvgIpc) is 2.44. The molecule has 1 nitrogen and oxygen atoms in total. The molecule has 0 saturated heterocycles. The molecule has 0 atom stereocenters. The molecule has 1 aliphatic carbocycles. The average molecular weight is 328 g/mol. The molecule has 1 aromatic carbocycles. The van der Waals surface area contributed by atoms with Crippen LogP contribution in [0.25, 0.3) is 6.08 Å². The summed E-state index contributed by atoms with van der Waals surface area (Å²) >= 11 is 7.33. The van der Waals surface area contributed by atoms with Crippen molar-refractivity contribution in [3.63, 3.8) is 0 Å². The number of rotatable bonds is 2. The molecule has 2 rings (SSSR count). The van der Waals surface area contributed by atoms with Gasteiger partial charge in [0.2, 0.25) is 0 Å². The summed E-state index contributed by atoms with van der Waals surface area (Å²) in [5, 5.41) is 3.39. The Bertz CT molecular complexity index is 388. The number of halogens is 1. The molecule has 0 spiro atoms. The first kappa shape index (κ1) is 17.3. The third-order valence-corrected chi connectivity index (χ3v) is 3.00. The van der Waals surface area contributed by atoms with Gasteiger partial charge in [0.25, 0.3) is 0 Å². The summed E-state index contributed by atoms with van der Waals surface area (Å²) in [5.41, 5.74) is 4.17. The summed E-state index contributed by atoms with van der Waals surface area (Å²) in [7, 11) is 0. The Kier molecular flexibility index (Phi) is 9.89. The van der Waals surface area contributed by atoms with Crippen molar-refractivity contribution in [1.82, 2.24) is 5.32 Å². The van der Waals surface area contributed by atoms with Crippen LogP contribution >= 0.6 is 28.1 Å². The van der Waals surface area contributed by atoms with Crippen LogP contribution in [0.5, 0.6) is 0 Å². The van der Waals surface area contributed by atoms with E-state index in [1.165, 1.54) is 21.3 Å². The summed E-state index contributed by atoms with van der Waals surface area (Å²) in [6, 6.07) is 6.49. The summed E-state index contributed by atoms with van der Waals surface area (Å²) < 4.78 is 1.18. The van der Waals surface area contributed by atoms with Gasteiger partial charge in [-0.3, -0.25) is 0 Å². The maximum absolute atomic E-state index is 3.83. The largest absolute Gasteiger partial charge is 0.389 e. The predicted octanol–water partition coefficient (Wildman–Crippen LogP) is 4.99. The predicted molar refractivity (Wildman–Crippen MR) is 90.2 cm³/mol. The van der Waals surface area contributed by atoms with E-state index < -0.39 is 0 Å². The summed E-state index contributed by atoms with van der Waals surface area (Å²) in [6.07, 6.45) is 4.54. The molecule has 3 heteroatoms. The molecule has 0 unspecified atom stereocenters. The molecule has 0 bridgehead atoms. The molecular formula is C15H22BrNS. The third-order valence-electron chi connectivity index (χ3n) is 2.50. The van der Waals surface area contributed by atoms with Crippen LogP contribution in [0.15, 0.2) is 28.4 Å². The molecule has 1 N–H and O–H groups in total. The molecule has 100 valence electrons. The van der Waals surface area contributed by atoms with Gasteiger partial charge in [-0.05, 0) is 55.0 Å². The van der Waals surface area contributed by atoms with Crippen molar-refractivity contribution in [1.29, 1.82) is 0 Å². The van der Waals surface area contributed by atoms with E-state index in [1.807, 2.05) is 13.8 Å². The second kappa shape index (κ2) is 10.3. The van der Waals surface area contributed by atoms with Crippen molar-refractivity contribution >= 4 is 40.1 Å². The number of hydrogen-bond donors (Lipinski definition) is 1. The van der Waals surface area contributed by atoms with Gasteiger partial charge >= 0.3 is 0 Å². The van der Waals surface area contributed by atoms with Crippen molar-refractivity contribution in [3.05, 3.63) is 39.5 Å². The van der Waals surface area contributed by atoms with E-state index in [0.717, 1.165) is 19.4 Å². The molecule has 0 aromatic heterocycles. The van der Waals surface area contributed by atoms with E-state index in [1.54, 1.807) is 0 Å². The van der Waals surface area contributed by atoms with Gasteiger partial charge in [0.1, 0.15) is 0 Å². The zero-order valence-electron chi connectivity index (χ0n) is 11.4. The normalized spacial score (nSPS) is 11.9. The van der Waals surface area contributed by atoms with E-state index in [9.17, 15) is 0 Å². The van der Waals surface area contributed by atoms with Gasteiger partial charge in [-0.2, -0.15) is 0 Å². The van der Waals surface area contributed by atoms with Crippen molar-refractivity contribution in [2.45, 2.75) is 33.6 Å². The van der Waals surface area contributed by atoms with Crippen LogP contribution in [0, 0.1) is 0 Å². The van der Waals surface area contributed by atoms with Crippen LogP contribution in [-0.4, -0.2) is 12.4 Å². The van der Waals surface area contributed by atoms with Crippen LogP contribution < -0.4 is 5.32 Å². The number of benzene rings is 1. The third kappa shape index (κ3) is 5.32. The summed E-state index contributed by atoms with van der Waals surface area (Å²) in [5.74, 6) is 2.83. The molecule has 0 amide bonds. The molecule has 0 saturated carbocycles. The van der Waals surface area contributed by atoms with Crippen LogP contribution in [0.3, 0.4) is 0 Å². The van der Waals surface area contributed by atoms with Gasteiger partial charge in [-0.15, -0.1) is 0 Å². The monoisotopic (exact) mass is 327 g/mol. The quantitative estimate of drug-likeness (QED) is 0.768. The molecule has 0 heterocycles. The fourth-order valence-corrected chi connectivity index (χ4v) is 2.24. The number of thiocarbonyl (C=S) groups is 1. The van der Waals surface area contributed by atoms with Crippen LogP contribution in [0.1, 0.15) is 38.3 Å². The lowest BCUT2D eigenvalue weighted by molar-refractivity contribution is 0.770. The molecule has 18 heavy (non-hydrogen) atoms. The highest BCUT2D eigenvalue weighted by Crippen LogP contribution is 2.25. The lowest BCUT2D eigenvalue weighted by Gasteiger charge is -2.17. The fraction of sp³-hybridized carbons (Fsp3) is 0.400. The van der Waals surface area contributed by atoms with Gasteiger partial charge in [0.05, 0.1) is 0 Å². The SMILES string of the molecule is C=S.CC.CCNC1=Cc2ccc(Br)cc2CC1. The first-order chi connectivity index (χ1) is 8.79. The standard InChI is InChI=1S/C12H14BrN.C2H6.CH2S/c1-2-14-12-6-4-9-7-11(13)5-3-10(9)8-12;2*1-2/h3,5,7-8,14H,2,4,6H2,1H3;1-2H3;1H2. The minimum absolute atomic E-state index is 1.01. The number of allylic oxidation sites excluding steroid dienone is 1. The Morgan fingerprint density at radius 2 is 1.94 bits per heavy atom. The van der Waals surface area contributed by atoms with E-state index in [4.69, 9.17) is 0 Å². The maximum Gasteiger partial charge on any atom is 0.0178 e. The topological polar surface area (TPSA) is 12.0 Å². The maximum atomic E-state index is 3.83. The second-order valence-corrected chi connectivity index (χ2v) is 4.46. The van der Waals surface area contributed by atoms with Crippen molar-refractivity contribution < 1.29 is 0 Å². The van der Waals surface area contributed by atoms with E-state index in [0.29, 0.717) is 0 Å².